The van der Waals surface area contributed by atoms with Crippen LogP contribution in [0.25, 0.3) is 11.1 Å². The van der Waals surface area contributed by atoms with E-state index in [0.717, 1.165) is 11.1 Å². The second kappa shape index (κ2) is 9.97. The molecular weight excluding hydrogens is 384 g/mol. The Morgan fingerprint density at radius 2 is 1.43 bits per heavy atom. The van der Waals surface area contributed by atoms with Gasteiger partial charge in [0.1, 0.15) is 5.75 Å². The van der Waals surface area contributed by atoms with Crippen LogP contribution in [-0.2, 0) is 4.79 Å². The quantitative estimate of drug-likeness (QED) is 0.589. The Hall–Kier alpha value is -4.00. The molecule has 2 amide bonds. The average Bonchev–Trinajstić information content (AvgIpc) is 2.81. The Kier molecular flexibility index (Phi) is 6.89. The van der Waals surface area contributed by atoms with Gasteiger partial charge in [0.2, 0.25) is 0 Å². The summed E-state index contributed by atoms with van der Waals surface area (Å²) in [5, 5.41) is 0. The Labute approximate surface area is 174 Å². The van der Waals surface area contributed by atoms with Crippen molar-refractivity contribution in [1.82, 2.24) is 10.9 Å². The molecule has 0 unspecified atom stereocenters. The van der Waals surface area contributed by atoms with E-state index in [4.69, 9.17) is 14.2 Å². The summed E-state index contributed by atoms with van der Waals surface area (Å²) in [4.78, 5) is 24.2. The first kappa shape index (κ1) is 20.7. The van der Waals surface area contributed by atoms with Crippen LogP contribution in [0.1, 0.15) is 10.4 Å². The first-order valence-electron chi connectivity index (χ1n) is 9.20. The van der Waals surface area contributed by atoms with E-state index in [2.05, 4.69) is 10.9 Å². The minimum Gasteiger partial charge on any atom is -0.493 e. The molecule has 0 aliphatic rings. The summed E-state index contributed by atoms with van der Waals surface area (Å²) in [7, 11) is 2.98. The molecule has 0 spiro atoms. The molecule has 0 bridgehead atoms. The fraction of sp³-hybridized carbons (Fsp3) is 0.130. The number of hydrazine groups is 1. The first-order chi connectivity index (χ1) is 14.6. The molecular formula is C23H22N2O5. The molecule has 0 fully saturated rings. The fourth-order valence-corrected chi connectivity index (χ4v) is 2.74. The van der Waals surface area contributed by atoms with Crippen LogP contribution in [0.2, 0.25) is 0 Å². The van der Waals surface area contributed by atoms with Gasteiger partial charge in [-0.1, -0.05) is 42.5 Å². The van der Waals surface area contributed by atoms with Gasteiger partial charge >= 0.3 is 0 Å². The van der Waals surface area contributed by atoms with Gasteiger partial charge in [-0.2, -0.15) is 0 Å². The number of hydrogen-bond donors (Lipinski definition) is 2. The maximum absolute atomic E-state index is 12.2. The summed E-state index contributed by atoms with van der Waals surface area (Å²) in [6.45, 7) is -0.239. The molecule has 3 aromatic carbocycles. The first-order valence-corrected chi connectivity index (χ1v) is 9.20. The molecule has 3 aromatic rings. The molecule has 0 aliphatic heterocycles. The zero-order valence-corrected chi connectivity index (χ0v) is 16.7. The van der Waals surface area contributed by atoms with Gasteiger partial charge in [0.15, 0.2) is 18.1 Å². The van der Waals surface area contributed by atoms with Crippen LogP contribution in [0.3, 0.4) is 0 Å². The highest BCUT2D eigenvalue weighted by molar-refractivity contribution is 5.96. The van der Waals surface area contributed by atoms with Gasteiger partial charge in [-0.25, -0.2) is 0 Å². The lowest BCUT2D eigenvalue weighted by Gasteiger charge is -2.11. The molecule has 0 heterocycles. The highest BCUT2D eigenvalue weighted by Crippen LogP contribution is 2.27. The van der Waals surface area contributed by atoms with Crippen LogP contribution in [0.15, 0.2) is 72.8 Å². The lowest BCUT2D eigenvalue weighted by molar-refractivity contribution is -0.123. The second-order valence-corrected chi connectivity index (χ2v) is 6.25. The molecule has 0 saturated carbocycles. The van der Waals surface area contributed by atoms with Crippen molar-refractivity contribution in [3.05, 3.63) is 78.4 Å². The molecule has 7 heteroatoms. The zero-order chi connectivity index (χ0) is 21.3. The summed E-state index contributed by atoms with van der Waals surface area (Å²) in [6, 6.07) is 22.0. The SMILES string of the molecule is COc1ccc(C(=O)NNC(=O)COc2ccc(-c3ccccc3)cc2)cc1OC. The summed E-state index contributed by atoms with van der Waals surface area (Å²) in [5.74, 6) is 0.493. The number of ether oxygens (including phenoxy) is 3. The van der Waals surface area contributed by atoms with Crippen LogP contribution in [-0.4, -0.2) is 32.6 Å². The van der Waals surface area contributed by atoms with Gasteiger partial charge in [0.05, 0.1) is 14.2 Å². The Morgan fingerprint density at radius 3 is 2.10 bits per heavy atom. The van der Waals surface area contributed by atoms with Crippen LogP contribution < -0.4 is 25.1 Å². The highest BCUT2D eigenvalue weighted by Gasteiger charge is 2.12. The third kappa shape index (κ3) is 5.29. The molecule has 3 rings (SSSR count). The lowest BCUT2D eigenvalue weighted by atomic mass is 10.1. The molecule has 0 radical (unpaired) electrons. The van der Waals surface area contributed by atoms with Gasteiger partial charge < -0.3 is 14.2 Å². The molecule has 2 N–H and O–H groups in total. The topological polar surface area (TPSA) is 85.9 Å². The number of methoxy groups -OCH3 is 2. The van der Waals surface area contributed by atoms with E-state index in [-0.39, 0.29) is 6.61 Å². The fourth-order valence-electron chi connectivity index (χ4n) is 2.74. The summed E-state index contributed by atoms with van der Waals surface area (Å²) >= 11 is 0. The van der Waals surface area contributed by atoms with E-state index in [1.165, 1.54) is 20.3 Å². The largest absolute Gasteiger partial charge is 0.493 e. The van der Waals surface area contributed by atoms with Gasteiger partial charge in [0.25, 0.3) is 11.8 Å². The number of nitrogens with one attached hydrogen (secondary N) is 2. The van der Waals surface area contributed by atoms with E-state index in [9.17, 15) is 9.59 Å². The number of amides is 2. The van der Waals surface area contributed by atoms with Crippen molar-refractivity contribution in [3.63, 3.8) is 0 Å². The summed E-state index contributed by atoms with van der Waals surface area (Å²) in [5.41, 5.74) is 7.12. The number of carbonyl (C=O) groups excluding carboxylic acids is 2. The molecule has 0 atom stereocenters. The Bertz CT molecular complexity index is 1000. The number of carbonyl (C=O) groups is 2. The predicted molar refractivity (Wildman–Crippen MR) is 113 cm³/mol. The minimum absolute atomic E-state index is 0.239. The molecule has 0 aromatic heterocycles. The van der Waals surface area contributed by atoms with Crippen LogP contribution in [0.5, 0.6) is 17.2 Å². The maximum atomic E-state index is 12.2. The van der Waals surface area contributed by atoms with E-state index < -0.39 is 11.8 Å². The normalized spacial score (nSPS) is 10.1. The van der Waals surface area contributed by atoms with Crippen LogP contribution >= 0.6 is 0 Å². The van der Waals surface area contributed by atoms with E-state index in [1.807, 2.05) is 42.5 Å². The van der Waals surface area contributed by atoms with Crippen LogP contribution in [0.4, 0.5) is 0 Å². The second-order valence-electron chi connectivity index (χ2n) is 6.25. The van der Waals surface area contributed by atoms with E-state index in [0.29, 0.717) is 22.8 Å². The van der Waals surface area contributed by atoms with Crippen molar-refractivity contribution in [3.8, 4) is 28.4 Å². The van der Waals surface area contributed by atoms with Crippen molar-refractivity contribution >= 4 is 11.8 Å². The zero-order valence-electron chi connectivity index (χ0n) is 16.7. The van der Waals surface area contributed by atoms with E-state index >= 15 is 0 Å². The molecule has 30 heavy (non-hydrogen) atoms. The maximum Gasteiger partial charge on any atom is 0.276 e. The van der Waals surface area contributed by atoms with Crippen molar-refractivity contribution in [2.45, 2.75) is 0 Å². The molecule has 0 saturated heterocycles. The van der Waals surface area contributed by atoms with Crippen molar-refractivity contribution in [2.24, 2.45) is 0 Å². The van der Waals surface area contributed by atoms with Crippen molar-refractivity contribution in [1.29, 1.82) is 0 Å². The van der Waals surface area contributed by atoms with Crippen molar-refractivity contribution in [2.75, 3.05) is 20.8 Å². The molecule has 154 valence electrons. The number of rotatable bonds is 7. The number of hydrogen-bond acceptors (Lipinski definition) is 5. The minimum atomic E-state index is -0.490. The standard InChI is InChI=1S/C23H22N2O5/c1-28-20-13-10-18(14-21(20)29-2)23(27)25-24-22(26)15-30-19-11-8-17(9-12-19)16-6-4-3-5-7-16/h3-14H,15H2,1-2H3,(H,24,26)(H,25,27). The van der Waals surface area contributed by atoms with Crippen molar-refractivity contribution < 1.29 is 23.8 Å². The van der Waals surface area contributed by atoms with Crippen LogP contribution in [0, 0.1) is 0 Å². The lowest BCUT2D eigenvalue weighted by Crippen LogP contribution is -2.43. The summed E-state index contributed by atoms with van der Waals surface area (Å²) in [6.07, 6.45) is 0. The average molecular weight is 406 g/mol. The van der Waals surface area contributed by atoms with Gasteiger partial charge in [-0.05, 0) is 41.5 Å². The Balaban J connectivity index is 1.48. The number of benzene rings is 3. The third-order valence-corrected chi connectivity index (χ3v) is 4.29. The highest BCUT2D eigenvalue weighted by atomic mass is 16.5. The smallest absolute Gasteiger partial charge is 0.276 e. The Morgan fingerprint density at radius 1 is 0.767 bits per heavy atom. The molecule has 7 nitrogen and oxygen atoms in total. The van der Waals surface area contributed by atoms with Gasteiger partial charge in [-0.3, -0.25) is 20.4 Å². The predicted octanol–water partition coefficient (Wildman–Crippen LogP) is 3.21. The monoisotopic (exact) mass is 406 g/mol. The summed E-state index contributed by atoms with van der Waals surface area (Å²) < 4.78 is 15.8. The van der Waals surface area contributed by atoms with Gasteiger partial charge in [-0.15, -0.1) is 0 Å². The molecule has 0 aliphatic carbocycles. The third-order valence-electron chi connectivity index (χ3n) is 4.29. The van der Waals surface area contributed by atoms with E-state index in [1.54, 1.807) is 24.3 Å². The van der Waals surface area contributed by atoms with Gasteiger partial charge in [0, 0.05) is 5.56 Å².